The highest BCUT2D eigenvalue weighted by Crippen LogP contribution is 2.35. The Balaban J connectivity index is 1.60. The lowest BCUT2D eigenvalue weighted by molar-refractivity contribution is 0.0326. The molecule has 1 N–H and O–H groups in total. The monoisotopic (exact) mass is 437 g/mol. The minimum atomic E-state index is -0.0300. The molecule has 3 heterocycles. The Bertz CT molecular complexity index is 1070. The zero-order valence-corrected chi connectivity index (χ0v) is 19.4. The number of hydrogen-bond donors (Lipinski definition) is 2. The van der Waals surface area contributed by atoms with Crippen molar-refractivity contribution < 1.29 is 4.74 Å². The first-order valence-electron chi connectivity index (χ1n) is 10.8. The Labute approximate surface area is 189 Å². The zero-order valence-electron chi connectivity index (χ0n) is 18.5. The maximum atomic E-state index is 5.79. The summed E-state index contributed by atoms with van der Waals surface area (Å²) in [5.74, 6) is 0.941. The van der Waals surface area contributed by atoms with Crippen molar-refractivity contribution >= 4 is 35.9 Å². The van der Waals surface area contributed by atoms with Crippen LogP contribution in [0.25, 0.3) is 23.0 Å². The number of anilines is 2. The average molecular weight is 438 g/mol. The Morgan fingerprint density at radius 1 is 1.32 bits per heavy atom. The van der Waals surface area contributed by atoms with Crippen LogP contribution < -0.4 is 10.2 Å². The number of nitrogens with one attached hydrogen (secondary N) is 1. The third-order valence-electron chi connectivity index (χ3n) is 6.19. The van der Waals surface area contributed by atoms with Crippen LogP contribution in [0, 0.1) is 5.41 Å². The van der Waals surface area contributed by atoms with Gasteiger partial charge >= 0.3 is 0 Å². The molecule has 0 spiro atoms. The predicted molar refractivity (Wildman–Crippen MR) is 132 cm³/mol. The molecule has 31 heavy (non-hydrogen) atoms. The summed E-state index contributed by atoms with van der Waals surface area (Å²) < 4.78 is 7.91. The van der Waals surface area contributed by atoms with Gasteiger partial charge in [0, 0.05) is 43.8 Å². The second kappa shape index (κ2) is 8.93. The number of benzene rings is 1. The Morgan fingerprint density at radius 3 is 2.77 bits per heavy atom. The van der Waals surface area contributed by atoms with E-state index in [0.717, 1.165) is 66.5 Å². The molecule has 0 amide bonds. The highest BCUT2D eigenvalue weighted by molar-refractivity contribution is 7.80. The summed E-state index contributed by atoms with van der Waals surface area (Å²) in [4.78, 5) is 11.8. The number of imidazole rings is 1. The molecule has 4 rings (SSSR count). The number of aromatic nitrogens is 3. The van der Waals surface area contributed by atoms with Crippen LogP contribution in [0.1, 0.15) is 32.3 Å². The lowest BCUT2D eigenvalue weighted by Gasteiger charge is -2.40. The van der Waals surface area contributed by atoms with E-state index in [1.807, 2.05) is 38.6 Å². The molecule has 2 aromatic heterocycles. The molecule has 1 fully saturated rings. The van der Waals surface area contributed by atoms with E-state index >= 15 is 0 Å². The molecule has 0 radical (unpaired) electrons. The van der Waals surface area contributed by atoms with Crippen LogP contribution >= 0.6 is 12.6 Å². The van der Waals surface area contributed by atoms with Gasteiger partial charge < -0.3 is 15.0 Å². The summed E-state index contributed by atoms with van der Waals surface area (Å²) in [7, 11) is 1.92. The number of fused-ring (bicyclic) bond motifs is 1. The first-order chi connectivity index (χ1) is 14.9. The molecule has 0 aliphatic carbocycles. The number of ether oxygens (including phenoxy) is 1. The molecule has 0 saturated carbocycles. The van der Waals surface area contributed by atoms with E-state index in [2.05, 4.69) is 63.9 Å². The van der Waals surface area contributed by atoms with E-state index in [1.54, 1.807) is 0 Å². The van der Waals surface area contributed by atoms with Crippen molar-refractivity contribution in [2.45, 2.75) is 32.1 Å². The SMILES string of the molecule is C=Cc1ccc(-c2cnc(N3CCC(C)(CO[C@@H](C)S)CC3)c3nccn23)cc1NC. The van der Waals surface area contributed by atoms with Crippen molar-refractivity contribution in [1.29, 1.82) is 0 Å². The fourth-order valence-electron chi connectivity index (χ4n) is 4.18. The summed E-state index contributed by atoms with van der Waals surface area (Å²) >= 11 is 4.34. The molecule has 1 atom stereocenters. The first kappa shape index (κ1) is 21.7. The van der Waals surface area contributed by atoms with Gasteiger partial charge in [0.2, 0.25) is 0 Å². The van der Waals surface area contributed by atoms with Crippen LogP contribution in [0.5, 0.6) is 0 Å². The number of thiol groups is 1. The van der Waals surface area contributed by atoms with Gasteiger partial charge in [0.1, 0.15) is 0 Å². The van der Waals surface area contributed by atoms with E-state index < -0.39 is 0 Å². The summed E-state index contributed by atoms with van der Waals surface area (Å²) in [5.41, 5.74) is 5.25. The summed E-state index contributed by atoms with van der Waals surface area (Å²) in [6.07, 6.45) is 9.77. The van der Waals surface area contributed by atoms with Gasteiger partial charge in [0.25, 0.3) is 0 Å². The number of rotatable bonds is 7. The van der Waals surface area contributed by atoms with Gasteiger partial charge in [-0.15, -0.1) is 12.6 Å². The molecule has 1 saturated heterocycles. The van der Waals surface area contributed by atoms with Gasteiger partial charge in [-0.05, 0) is 36.8 Å². The van der Waals surface area contributed by atoms with E-state index in [4.69, 9.17) is 9.72 Å². The highest BCUT2D eigenvalue weighted by atomic mass is 32.1. The molecular weight excluding hydrogens is 406 g/mol. The topological polar surface area (TPSA) is 54.7 Å². The molecule has 7 heteroatoms. The summed E-state index contributed by atoms with van der Waals surface area (Å²) in [5, 5.41) is 3.25. The van der Waals surface area contributed by atoms with Gasteiger partial charge in [-0.2, -0.15) is 0 Å². The molecular formula is C24H31N5OS. The average Bonchev–Trinajstić information content (AvgIpc) is 3.27. The molecule has 6 nitrogen and oxygen atoms in total. The van der Waals surface area contributed by atoms with Gasteiger partial charge in [0.15, 0.2) is 11.5 Å². The molecule has 0 bridgehead atoms. The van der Waals surface area contributed by atoms with Crippen molar-refractivity contribution in [2.24, 2.45) is 5.41 Å². The lowest BCUT2D eigenvalue weighted by Crippen LogP contribution is -2.41. The van der Waals surface area contributed by atoms with Crippen molar-refractivity contribution in [1.82, 2.24) is 14.4 Å². The maximum absolute atomic E-state index is 5.79. The summed E-state index contributed by atoms with van der Waals surface area (Å²) in [6, 6.07) is 6.30. The second-order valence-corrected chi connectivity index (χ2v) is 9.28. The van der Waals surface area contributed by atoms with Crippen molar-refractivity contribution in [3.8, 4) is 11.3 Å². The largest absolute Gasteiger partial charge is 0.388 e. The molecule has 3 aromatic rings. The fourth-order valence-corrected chi connectivity index (χ4v) is 4.25. The smallest absolute Gasteiger partial charge is 0.180 e. The van der Waals surface area contributed by atoms with Crippen LogP contribution in [-0.4, -0.2) is 46.5 Å². The Hall–Kier alpha value is -2.51. The first-order valence-corrected chi connectivity index (χ1v) is 11.3. The third kappa shape index (κ3) is 4.43. The predicted octanol–water partition coefficient (Wildman–Crippen LogP) is 4.98. The molecule has 0 unspecified atom stereocenters. The van der Waals surface area contributed by atoms with Gasteiger partial charge in [0.05, 0.1) is 23.9 Å². The van der Waals surface area contributed by atoms with Crippen LogP contribution in [0.3, 0.4) is 0 Å². The van der Waals surface area contributed by atoms with Crippen molar-refractivity contribution in [3.63, 3.8) is 0 Å². The van der Waals surface area contributed by atoms with E-state index in [-0.39, 0.29) is 10.9 Å². The van der Waals surface area contributed by atoms with Crippen molar-refractivity contribution in [3.05, 3.63) is 48.9 Å². The normalized spacial score (nSPS) is 17.0. The van der Waals surface area contributed by atoms with E-state index in [9.17, 15) is 0 Å². The molecule has 1 aliphatic rings. The number of hydrogen-bond acceptors (Lipinski definition) is 6. The van der Waals surface area contributed by atoms with Crippen LogP contribution in [0.4, 0.5) is 11.5 Å². The standard InChI is InChI=1S/C24H31N5OS/c1-5-18-6-7-19(14-20(18)25-4)21-15-27-22(23-26-10-13-29(21)23)28-11-8-24(3,9-12-28)16-30-17(2)31/h5-7,10,13-15,17,25,31H,1,8-9,11-12,16H2,2-4H3/t17-/m1/s1. The van der Waals surface area contributed by atoms with Gasteiger partial charge in [-0.25, -0.2) is 9.97 Å². The Morgan fingerprint density at radius 2 is 2.10 bits per heavy atom. The summed E-state index contributed by atoms with van der Waals surface area (Å²) in [6.45, 7) is 10.8. The molecule has 1 aromatic carbocycles. The molecule has 1 aliphatic heterocycles. The molecule has 164 valence electrons. The number of piperidine rings is 1. The van der Waals surface area contributed by atoms with Crippen LogP contribution in [0.2, 0.25) is 0 Å². The van der Waals surface area contributed by atoms with Crippen LogP contribution in [0.15, 0.2) is 43.4 Å². The quantitative estimate of drug-likeness (QED) is 0.403. The van der Waals surface area contributed by atoms with E-state index in [1.165, 1.54) is 0 Å². The Kier molecular flexibility index (Phi) is 6.25. The van der Waals surface area contributed by atoms with Crippen LogP contribution in [-0.2, 0) is 4.74 Å². The zero-order chi connectivity index (χ0) is 22.0. The van der Waals surface area contributed by atoms with Gasteiger partial charge in [-0.1, -0.05) is 31.7 Å². The lowest BCUT2D eigenvalue weighted by atomic mass is 9.81. The second-order valence-electron chi connectivity index (χ2n) is 8.55. The highest BCUT2D eigenvalue weighted by Gasteiger charge is 2.32. The third-order valence-corrected chi connectivity index (χ3v) is 6.34. The van der Waals surface area contributed by atoms with E-state index in [0.29, 0.717) is 0 Å². The number of nitrogens with zero attached hydrogens (tertiary/aromatic N) is 4. The minimum Gasteiger partial charge on any atom is -0.388 e. The van der Waals surface area contributed by atoms with Gasteiger partial charge in [-0.3, -0.25) is 4.40 Å². The fraction of sp³-hybridized carbons (Fsp3) is 0.417. The van der Waals surface area contributed by atoms with Crippen molar-refractivity contribution in [2.75, 3.05) is 37.0 Å². The maximum Gasteiger partial charge on any atom is 0.180 e. The minimum absolute atomic E-state index is 0.0300.